The Morgan fingerprint density at radius 2 is 1.65 bits per heavy atom. The molecular formula is C29H33N3O2. The number of hydrogen-bond acceptors (Lipinski definition) is 5. The Bertz CT molecular complexity index is 1080. The van der Waals surface area contributed by atoms with Gasteiger partial charge >= 0.3 is 0 Å². The third kappa shape index (κ3) is 4.38. The second-order valence-corrected chi connectivity index (χ2v) is 9.52. The molecule has 0 bridgehead atoms. The largest absolute Gasteiger partial charge is 0.487 e. The van der Waals surface area contributed by atoms with Crippen LogP contribution in [-0.4, -0.2) is 56.9 Å². The summed E-state index contributed by atoms with van der Waals surface area (Å²) in [7, 11) is 0. The Morgan fingerprint density at radius 1 is 0.824 bits per heavy atom. The normalized spacial score (nSPS) is 20.4. The first-order valence-electron chi connectivity index (χ1n) is 12.6. The van der Waals surface area contributed by atoms with E-state index >= 15 is 0 Å². The number of hydrogen-bond donors (Lipinski definition) is 0. The molecule has 1 atom stereocenters. The fourth-order valence-electron chi connectivity index (χ4n) is 5.57. The minimum Gasteiger partial charge on any atom is -0.487 e. The van der Waals surface area contributed by atoms with E-state index in [0.717, 1.165) is 64.5 Å². The summed E-state index contributed by atoms with van der Waals surface area (Å²) in [4.78, 5) is 7.61. The van der Waals surface area contributed by atoms with Gasteiger partial charge in [0.2, 0.25) is 0 Å². The van der Waals surface area contributed by atoms with Crippen LogP contribution >= 0.6 is 0 Å². The summed E-state index contributed by atoms with van der Waals surface area (Å²) < 4.78 is 11.7. The summed E-state index contributed by atoms with van der Waals surface area (Å²) in [6, 6.07) is 26.7. The highest BCUT2D eigenvalue weighted by molar-refractivity contribution is 5.73. The van der Waals surface area contributed by atoms with Crippen LogP contribution in [0.5, 0.6) is 5.75 Å². The van der Waals surface area contributed by atoms with Gasteiger partial charge in [-0.1, -0.05) is 42.5 Å². The molecule has 2 saturated heterocycles. The number of ether oxygens (including phenoxy) is 2. The maximum absolute atomic E-state index is 6.19. The lowest BCUT2D eigenvalue weighted by atomic mass is 10.1. The van der Waals surface area contributed by atoms with Gasteiger partial charge in [0.15, 0.2) is 0 Å². The van der Waals surface area contributed by atoms with Crippen molar-refractivity contribution in [1.82, 2.24) is 4.90 Å². The van der Waals surface area contributed by atoms with Crippen LogP contribution in [0.25, 0.3) is 0 Å². The van der Waals surface area contributed by atoms with Gasteiger partial charge in [0, 0.05) is 55.7 Å². The quantitative estimate of drug-likeness (QED) is 0.547. The minimum absolute atomic E-state index is 0.448. The smallest absolute Gasteiger partial charge is 0.143 e. The van der Waals surface area contributed by atoms with E-state index in [-0.39, 0.29) is 0 Å². The Balaban J connectivity index is 1.16. The molecule has 5 nitrogen and oxygen atoms in total. The molecule has 0 amide bonds. The van der Waals surface area contributed by atoms with E-state index in [4.69, 9.17) is 9.47 Å². The molecule has 0 N–H and O–H groups in total. The van der Waals surface area contributed by atoms with Gasteiger partial charge in [-0.3, -0.25) is 0 Å². The van der Waals surface area contributed by atoms with Gasteiger partial charge in [0.05, 0.1) is 18.9 Å². The van der Waals surface area contributed by atoms with Crippen LogP contribution in [-0.2, 0) is 17.8 Å². The Kier molecular flexibility index (Phi) is 6.13. The van der Waals surface area contributed by atoms with E-state index in [2.05, 4.69) is 87.5 Å². The zero-order chi connectivity index (χ0) is 22.7. The Hall–Kier alpha value is -3.02. The van der Waals surface area contributed by atoms with Gasteiger partial charge in [-0.15, -0.1) is 0 Å². The molecule has 0 aromatic heterocycles. The predicted molar refractivity (Wildman–Crippen MR) is 137 cm³/mol. The van der Waals surface area contributed by atoms with E-state index < -0.39 is 0 Å². The number of nitrogens with zero attached hydrogens (tertiary/aromatic N) is 3. The van der Waals surface area contributed by atoms with Crippen molar-refractivity contribution >= 4 is 17.1 Å². The summed E-state index contributed by atoms with van der Waals surface area (Å²) >= 11 is 0. The van der Waals surface area contributed by atoms with Crippen molar-refractivity contribution in [3.8, 4) is 5.75 Å². The lowest BCUT2D eigenvalue weighted by Gasteiger charge is -2.32. The molecule has 176 valence electrons. The summed E-state index contributed by atoms with van der Waals surface area (Å²) in [6.45, 7) is 7.55. The van der Waals surface area contributed by atoms with Crippen LogP contribution in [0.4, 0.5) is 17.1 Å². The van der Waals surface area contributed by atoms with Gasteiger partial charge in [-0.2, -0.15) is 0 Å². The number of morpholine rings is 1. The number of likely N-dealkylation sites (tertiary alicyclic amines) is 1. The Morgan fingerprint density at radius 3 is 2.56 bits per heavy atom. The van der Waals surface area contributed by atoms with Crippen LogP contribution in [0.3, 0.4) is 0 Å². The van der Waals surface area contributed by atoms with E-state index in [9.17, 15) is 0 Å². The highest BCUT2D eigenvalue weighted by atomic mass is 16.5. The zero-order valence-corrected chi connectivity index (χ0v) is 19.7. The molecule has 0 aliphatic carbocycles. The van der Waals surface area contributed by atoms with Gasteiger partial charge < -0.3 is 24.2 Å². The van der Waals surface area contributed by atoms with Crippen molar-refractivity contribution in [3.05, 3.63) is 83.9 Å². The van der Waals surface area contributed by atoms with E-state index in [1.165, 1.54) is 28.2 Å². The van der Waals surface area contributed by atoms with Crippen LogP contribution in [0.15, 0.2) is 72.8 Å². The first-order chi connectivity index (χ1) is 16.8. The second-order valence-electron chi connectivity index (χ2n) is 9.52. The molecule has 0 radical (unpaired) electrons. The highest BCUT2D eigenvalue weighted by Crippen LogP contribution is 2.42. The molecule has 34 heavy (non-hydrogen) atoms. The average Bonchev–Trinajstić information content (AvgIpc) is 3.30. The molecule has 3 aromatic carbocycles. The molecular weight excluding hydrogens is 422 g/mol. The number of para-hydroxylation sites is 3. The monoisotopic (exact) mass is 455 g/mol. The fraction of sp³-hybridized carbons (Fsp3) is 0.379. The number of anilines is 3. The fourth-order valence-corrected chi connectivity index (χ4v) is 5.57. The Labute approximate surface area is 202 Å². The minimum atomic E-state index is 0.448. The van der Waals surface area contributed by atoms with E-state index in [0.29, 0.717) is 12.6 Å². The standard InChI is InChI=1S/C29H33N3O2/c1-2-9-27-24(7-1)22-34-29-11-4-3-10-28(29)32(27)26-13-15-30(21-26)14-12-23-6-5-8-25(20-23)31-16-18-33-19-17-31/h1-11,20,26H,12-19,21-22H2. The van der Waals surface area contributed by atoms with Crippen LogP contribution in [0.1, 0.15) is 17.5 Å². The zero-order valence-electron chi connectivity index (χ0n) is 19.7. The topological polar surface area (TPSA) is 28.2 Å². The summed E-state index contributed by atoms with van der Waals surface area (Å²) in [5.41, 5.74) is 6.50. The first kappa shape index (κ1) is 21.5. The molecule has 3 aromatic rings. The van der Waals surface area contributed by atoms with Gasteiger partial charge in [-0.25, -0.2) is 0 Å². The van der Waals surface area contributed by atoms with Crippen molar-refractivity contribution < 1.29 is 9.47 Å². The van der Waals surface area contributed by atoms with Gasteiger partial charge in [0.25, 0.3) is 0 Å². The maximum atomic E-state index is 6.19. The first-order valence-corrected chi connectivity index (χ1v) is 12.6. The highest BCUT2D eigenvalue weighted by Gasteiger charge is 2.32. The molecule has 0 saturated carbocycles. The summed E-state index contributed by atoms with van der Waals surface area (Å²) in [6.07, 6.45) is 2.25. The SMILES string of the molecule is c1cc(CCN2CCC(N3c4ccccc4COc4ccccc43)C2)cc(N2CCOCC2)c1. The van der Waals surface area contributed by atoms with Gasteiger partial charge in [-0.05, 0) is 48.7 Å². The average molecular weight is 456 g/mol. The van der Waals surface area contributed by atoms with Crippen molar-refractivity contribution in [2.24, 2.45) is 0 Å². The molecule has 2 fully saturated rings. The molecule has 3 aliphatic heterocycles. The predicted octanol–water partition coefficient (Wildman–Crippen LogP) is 4.87. The van der Waals surface area contributed by atoms with Crippen molar-refractivity contribution in [2.75, 3.05) is 55.7 Å². The second kappa shape index (κ2) is 9.69. The van der Waals surface area contributed by atoms with Crippen molar-refractivity contribution in [2.45, 2.75) is 25.5 Å². The number of rotatable bonds is 5. The molecule has 3 aliphatic rings. The third-order valence-electron chi connectivity index (χ3n) is 7.38. The third-order valence-corrected chi connectivity index (χ3v) is 7.38. The number of benzene rings is 3. The molecule has 3 heterocycles. The van der Waals surface area contributed by atoms with Crippen LogP contribution < -0.4 is 14.5 Å². The molecule has 6 rings (SSSR count). The molecule has 1 unspecified atom stereocenters. The van der Waals surface area contributed by atoms with Crippen molar-refractivity contribution in [3.63, 3.8) is 0 Å². The van der Waals surface area contributed by atoms with E-state index in [1.807, 2.05) is 0 Å². The molecule has 0 spiro atoms. The van der Waals surface area contributed by atoms with E-state index in [1.54, 1.807) is 0 Å². The van der Waals surface area contributed by atoms with Crippen LogP contribution in [0.2, 0.25) is 0 Å². The van der Waals surface area contributed by atoms with Crippen LogP contribution in [0, 0.1) is 0 Å². The maximum Gasteiger partial charge on any atom is 0.143 e. The lowest BCUT2D eigenvalue weighted by molar-refractivity contribution is 0.122. The van der Waals surface area contributed by atoms with Gasteiger partial charge in [0.1, 0.15) is 12.4 Å². The lowest BCUT2D eigenvalue weighted by Crippen LogP contribution is -2.36. The van der Waals surface area contributed by atoms with Crippen molar-refractivity contribution in [1.29, 1.82) is 0 Å². The summed E-state index contributed by atoms with van der Waals surface area (Å²) in [5.74, 6) is 0.983. The number of fused-ring (bicyclic) bond motifs is 2. The summed E-state index contributed by atoms with van der Waals surface area (Å²) in [5, 5.41) is 0. The molecule has 5 heteroatoms.